The molecule has 0 aliphatic heterocycles. The van der Waals surface area contributed by atoms with Crippen LogP contribution in [0.5, 0.6) is 5.75 Å². The summed E-state index contributed by atoms with van der Waals surface area (Å²) >= 11 is 5.77. The average Bonchev–Trinajstić information content (AvgIpc) is 2.58. The van der Waals surface area contributed by atoms with Crippen LogP contribution in [0, 0.1) is 0 Å². The first-order chi connectivity index (χ1) is 11.2. The Labute approximate surface area is 140 Å². The SMILES string of the molecule is O=C(Nc1ccc(Cl)cn1)c1ccc(OC2CCCCC2)cc1. The fourth-order valence-corrected chi connectivity index (χ4v) is 2.81. The Kier molecular flexibility index (Phi) is 5.13. The number of benzene rings is 1. The van der Waals surface area contributed by atoms with Crippen LogP contribution in [0.4, 0.5) is 5.82 Å². The van der Waals surface area contributed by atoms with Crippen LogP contribution >= 0.6 is 11.6 Å². The van der Waals surface area contributed by atoms with Crippen molar-refractivity contribution in [3.8, 4) is 5.75 Å². The van der Waals surface area contributed by atoms with E-state index >= 15 is 0 Å². The van der Waals surface area contributed by atoms with Crippen LogP contribution < -0.4 is 10.1 Å². The van der Waals surface area contributed by atoms with Gasteiger partial charge in [0.1, 0.15) is 11.6 Å². The second-order valence-corrected chi connectivity index (χ2v) is 6.15. The van der Waals surface area contributed by atoms with Crippen molar-refractivity contribution < 1.29 is 9.53 Å². The van der Waals surface area contributed by atoms with Gasteiger partial charge in [-0.1, -0.05) is 18.0 Å². The molecule has 0 bridgehead atoms. The smallest absolute Gasteiger partial charge is 0.256 e. The topological polar surface area (TPSA) is 51.2 Å². The first-order valence-corrected chi connectivity index (χ1v) is 8.28. The molecule has 0 unspecified atom stereocenters. The minimum absolute atomic E-state index is 0.205. The van der Waals surface area contributed by atoms with Crippen molar-refractivity contribution in [1.82, 2.24) is 4.98 Å². The number of nitrogens with zero attached hydrogens (tertiary/aromatic N) is 1. The van der Waals surface area contributed by atoms with Gasteiger partial charge in [-0.2, -0.15) is 0 Å². The largest absolute Gasteiger partial charge is 0.490 e. The lowest BCUT2D eigenvalue weighted by atomic mass is 9.98. The van der Waals surface area contributed by atoms with Gasteiger partial charge in [0, 0.05) is 11.8 Å². The minimum atomic E-state index is -0.205. The zero-order valence-corrected chi connectivity index (χ0v) is 13.6. The fraction of sp³-hybridized carbons (Fsp3) is 0.333. The highest BCUT2D eigenvalue weighted by molar-refractivity contribution is 6.30. The molecule has 1 saturated carbocycles. The summed E-state index contributed by atoms with van der Waals surface area (Å²) in [5.41, 5.74) is 0.567. The highest BCUT2D eigenvalue weighted by atomic mass is 35.5. The minimum Gasteiger partial charge on any atom is -0.490 e. The molecule has 5 heteroatoms. The fourth-order valence-electron chi connectivity index (χ4n) is 2.70. The number of hydrogen-bond acceptors (Lipinski definition) is 3. The van der Waals surface area contributed by atoms with Gasteiger partial charge >= 0.3 is 0 Å². The number of amides is 1. The highest BCUT2D eigenvalue weighted by Gasteiger charge is 2.15. The number of aromatic nitrogens is 1. The zero-order valence-electron chi connectivity index (χ0n) is 12.8. The molecule has 1 amide bonds. The van der Waals surface area contributed by atoms with E-state index in [1.807, 2.05) is 12.1 Å². The predicted molar refractivity (Wildman–Crippen MR) is 91.1 cm³/mol. The van der Waals surface area contributed by atoms with Crippen LogP contribution in [0.25, 0.3) is 0 Å². The van der Waals surface area contributed by atoms with E-state index in [1.165, 1.54) is 25.5 Å². The molecule has 2 aromatic rings. The second kappa shape index (κ2) is 7.47. The van der Waals surface area contributed by atoms with E-state index in [4.69, 9.17) is 16.3 Å². The molecular weight excluding hydrogens is 312 g/mol. The molecule has 3 rings (SSSR count). The molecule has 0 saturated heterocycles. The summed E-state index contributed by atoms with van der Waals surface area (Å²) in [6.07, 6.45) is 7.81. The number of pyridine rings is 1. The van der Waals surface area contributed by atoms with Crippen molar-refractivity contribution >= 4 is 23.3 Å². The van der Waals surface area contributed by atoms with E-state index in [-0.39, 0.29) is 5.91 Å². The van der Waals surface area contributed by atoms with Gasteiger partial charge in [0.25, 0.3) is 5.91 Å². The maximum Gasteiger partial charge on any atom is 0.256 e. The summed E-state index contributed by atoms with van der Waals surface area (Å²) in [5.74, 6) is 1.09. The van der Waals surface area contributed by atoms with Gasteiger partial charge in [0.15, 0.2) is 0 Å². The molecule has 1 aromatic heterocycles. The molecule has 0 spiro atoms. The quantitative estimate of drug-likeness (QED) is 0.884. The summed E-state index contributed by atoms with van der Waals surface area (Å²) in [7, 11) is 0. The van der Waals surface area contributed by atoms with E-state index in [1.54, 1.807) is 24.3 Å². The number of ether oxygens (including phenoxy) is 1. The predicted octanol–water partition coefficient (Wildman–Crippen LogP) is 4.70. The molecule has 23 heavy (non-hydrogen) atoms. The van der Waals surface area contributed by atoms with Crippen LogP contribution in [-0.4, -0.2) is 17.0 Å². The average molecular weight is 331 g/mol. The molecule has 1 aliphatic carbocycles. The monoisotopic (exact) mass is 330 g/mol. The van der Waals surface area contributed by atoms with Crippen LogP contribution in [0.3, 0.4) is 0 Å². The molecule has 120 valence electrons. The molecular formula is C18H19ClN2O2. The van der Waals surface area contributed by atoms with Crippen molar-refractivity contribution in [3.63, 3.8) is 0 Å². The van der Waals surface area contributed by atoms with E-state index in [9.17, 15) is 4.79 Å². The van der Waals surface area contributed by atoms with Gasteiger partial charge in [-0.25, -0.2) is 4.98 Å². The third-order valence-electron chi connectivity index (χ3n) is 3.94. The van der Waals surface area contributed by atoms with E-state index in [0.29, 0.717) is 22.5 Å². The zero-order chi connectivity index (χ0) is 16.1. The van der Waals surface area contributed by atoms with Crippen molar-refractivity contribution in [2.75, 3.05) is 5.32 Å². The molecule has 1 fully saturated rings. The molecule has 1 aliphatic rings. The van der Waals surface area contributed by atoms with E-state index < -0.39 is 0 Å². The summed E-state index contributed by atoms with van der Waals surface area (Å²) in [6.45, 7) is 0. The van der Waals surface area contributed by atoms with Crippen LogP contribution in [0.15, 0.2) is 42.6 Å². The lowest BCUT2D eigenvalue weighted by Crippen LogP contribution is -2.19. The Bertz CT molecular complexity index is 650. The van der Waals surface area contributed by atoms with Gasteiger partial charge in [-0.3, -0.25) is 4.79 Å². The number of carbonyl (C=O) groups excluding carboxylic acids is 1. The Hall–Kier alpha value is -2.07. The van der Waals surface area contributed by atoms with Crippen molar-refractivity contribution in [3.05, 3.63) is 53.2 Å². The number of hydrogen-bond donors (Lipinski definition) is 1. The van der Waals surface area contributed by atoms with Crippen molar-refractivity contribution in [2.45, 2.75) is 38.2 Å². The third kappa shape index (κ3) is 4.45. The van der Waals surface area contributed by atoms with Gasteiger partial charge < -0.3 is 10.1 Å². The Morgan fingerprint density at radius 3 is 2.48 bits per heavy atom. The van der Waals surface area contributed by atoms with E-state index in [0.717, 1.165) is 18.6 Å². The van der Waals surface area contributed by atoms with Crippen molar-refractivity contribution in [2.24, 2.45) is 0 Å². The molecule has 0 radical (unpaired) electrons. The molecule has 1 N–H and O–H groups in total. The van der Waals surface area contributed by atoms with E-state index in [2.05, 4.69) is 10.3 Å². The van der Waals surface area contributed by atoms with Crippen LogP contribution in [0.1, 0.15) is 42.5 Å². The first kappa shape index (κ1) is 15.8. The van der Waals surface area contributed by atoms with Gasteiger partial charge in [0.2, 0.25) is 0 Å². The molecule has 1 heterocycles. The normalized spacial score (nSPS) is 15.2. The van der Waals surface area contributed by atoms with Crippen LogP contribution in [-0.2, 0) is 0 Å². The molecule has 4 nitrogen and oxygen atoms in total. The van der Waals surface area contributed by atoms with Crippen molar-refractivity contribution in [1.29, 1.82) is 0 Å². The van der Waals surface area contributed by atoms with Gasteiger partial charge in [0.05, 0.1) is 11.1 Å². The highest BCUT2D eigenvalue weighted by Crippen LogP contribution is 2.23. The summed E-state index contributed by atoms with van der Waals surface area (Å²) in [4.78, 5) is 16.2. The van der Waals surface area contributed by atoms with Gasteiger partial charge in [-0.05, 0) is 62.1 Å². The number of rotatable bonds is 4. The Morgan fingerprint density at radius 2 is 1.83 bits per heavy atom. The van der Waals surface area contributed by atoms with Crippen LogP contribution in [0.2, 0.25) is 5.02 Å². The third-order valence-corrected chi connectivity index (χ3v) is 4.16. The number of halogens is 1. The summed E-state index contributed by atoms with van der Waals surface area (Å²) in [5, 5.41) is 3.27. The Balaban J connectivity index is 1.59. The maximum absolute atomic E-state index is 12.2. The first-order valence-electron chi connectivity index (χ1n) is 7.90. The number of nitrogens with one attached hydrogen (secondary N) is 1. The number of anilines is 1. The molecule has 1 aromatic carbocycles. The lowest BCUT2D eigenvalue weighted by molar-refractivity contribution is 0.102. The summed E-state index contributed by atoms with van der Waals surface area (Å²) < 4.78 is 5.96. The maximum atomic E-state index is 12.2. The summed E-state index contributed by atoms with van der Waals surface area (Å²) in [6, 6.07) is 10.6. The Morgan fingerprint density at radius 1 is 1.09 bits per heavy atom. The number of carbonyl (C=O) groups is 1. The van der Waals surface area contributed by atoms with Gasteiger partial charge in [-0.15, -0.1) is 0 Å². The second-order valence-electron chi connectivity index (χ2n) is 5.72. The standard InChI is InChI=1S/C18H19ClN2O2/c19-14-8-11-17(20-12-14)21-18(22)13-6-9-16(10-7-13)23-15-4-2-1-3-5-15/h6-12,15H,1-5H2,(H,20,21,22). The lowest BCUT2D eigenvalue weighted by Gasteiger charge is -2.23. The molecule has 0 atom stereocenters.